The first kappa shape index (κ1) is 14.4. The number of ether oxygens (including phenoxy) is 1. The Bertz CT molecular complexity index is 310. The Balaban J connectivity index is 1.97. The highest BCUT2D eigenvalue weighted by Crippen LogP contribution is 2.13. The second-order valence-electron chi connectivity index (χ2n) is 3.78. The monoisotopic (exact) mass is 255 g/mol. The summed E-state index contributed by atoms with van der Waals surface area (Å²) in [6.07, 6.45) is 4.18. The number of nitrogens with zero attached hydrogens (tertiary/aromatic N) is 2. The van der Waals surface area contributed by atoms with E-state index in [0.717, 1.165) is 36.3 Å². The molecule has 1 heterocycles. The Morgan fingerprint density at radius 2 is 2.24 bits per heavy atom. The summed E-state index contributed by atoms with van der Waals surface area (Å²) in [6.45, 7) is 4.76. The molecular formula is C12H21N3OS. The lowest BCUT2D eigenvalue weighted by Crippen LogP contribution is -2.20. The lowest BCUT2D eigenvalue weighted by molar-refractivity contribution is 0.199. The smallest absolute Gasteiger partial charge is 0.187 e. The Labute approximate surface area is 108 Å². The molecule has 0 saturated heterocycles. The van der Waals surface area contributed by atoms with Crippen molar-refractivity contribution in [2.24, 2.45) is 0 Å². The van der Waals surface area contributed by atoms with Crippen LogP contribution in [0, 0.1) is 6.92 Å². The van der Waals surface area contributed by atoms with Crippen LogP contribution in [0.25, 0.3) is 0 Å². The third-order valence-electron chi connectivity index (χ3n) is 2.23. The minimum atomic E-state index is 0.784. The van der Waals surface area contributed by atoms with Crippen LogP contribution in [-0.2, 0) is 4.74 Å². The molecular weight excluding hydrogens is 234 g/mol. The van der Waals surface area contributed by atoms with Crippen molar-refractivity contribution in [2.75, 3.05) is 32.6 Å². The summed E-state index contributed by atoms with van der Waals surface area (Å²) in [5.74, 6) is 1.08. The van der Waals surface area contributed by atoms with Crippen LogP contribution in [0.2, 0.25) is 0 Å². The zero-order valence-electron chi connectivity index (χ0n) is 10.6. The first-order valence-electron chi connectivity index (χ1n) is 5.95. The highest BCUT2D eigenvalue weighted by molar-refractivity contribution is 7.99. The maximum absolute atomic E-state index is 4.96. The van der Waals surface area contributed by atoms with E-state index in [4.69, 9.17) is 4.74 Å². The van der Waals surface area contributed by atoms with Crippen molar-refractivity contribution in [3.8, 4) is 0 Å². The number of rotatable bonds is 9. The predicted molar refractivity (Wildman–Crippen MR) is 71.5 cm³/mol. The maximum atomic E-state index is 4.96. The van der Waals surface area contributed by atoms with Crippen molar-refractivity contribution < 1.29 is 4.74 Å². The summed E-state index contributed by atoms with van der Waals surface area (Å²) in [5, 5.41) is 4.22. The van der Waals surface area contributed by atoms with E-state index in [2.05, 4.69) is 15.3 Å². The lowest BCUT2D eigenvalue weighted by Gasteiger charge is -2.03. The van der Waals surface area contributed by atoms with Crippen molar-refractivity contribution in [3.05, 3.63) is 18.0 Å². The van der Waals surface area contributed by atoms with E-state index in [1.807, 2.05) is 19.2 Å². The molecule has 0 aromatic carbocycles. The Morgan fingerprint density at radius 1 is 1.35 bits per heavy atom. The van der Waals surface area contributed by atoms with Crippen LogP contribution in [-0.4, -0.2) is 42.5 Å². The van der Waals surface area contributed by atoms with E-state index in [-0.39, 0.29) is 0 Å². The van der Waals surface area contributed by atoms with Crippen LogP contribution in [0.15, 0.2) is 17.4 Å². The molecule has 0 atom stereocenters. The van der Waals surface area contributed by atoms with Gasteiger partial charge in [0.15, 0.2) is 5.16 Å². The third-order valence-corrected chi connectivity index (χ3v) is 3.18. The summed E-state index contributed by atoms with van der Waals surface area (Å²) < 4.78 is 4.96. The molecule has 0 spiro atoms. The van der Waals surface area contributed by atoms with Gasteiger partial charge >= 0.3 is 0 Å². The van der Waals surface area contributed by atoms with Gasteiger partial charge in [-0.15, -0.1) is 0 Å². The van der Waals surface area contributed by atoms with E-state index >= 15 is 0 Å². The quantitative estimate of drug-likeness (QED) is 0.415. The standard InChI is InChI=1S/C12H21N3OS/c1-11-5-7-14-12(15-11)17-10-4-3-6-13-8-9-16-2/h5,7,13H,3-4,6,8-10H2,1-2H3. The van der Waals surface area contributed by atoms with Crippen LogP contribution in [0.3, 0.4) is 0 Å². The van der Waals surface area contributed by atoms with Gasteiger partial charge in [0.2, 0.25) is 0 Å². The number of aromatic nitrogens is 2. The van der Waals surface area contributed by atoms with E-state index in [9.17, 15) is 0 Å². The van der Waals surface area contributed by atoms with Crippen LogP contribution >= 0.6 is 11.8 Å². The second-order valence-corrected chi connectivity index (χ2v) is 4.84. The fraction of sp³-hybridized carbons (Fsp3) is 0.667. The van der Waals surface area contributed by atoms with Gasteiger partial charge < -0.3 is 10.1 Å². The van der Waals surface area contributed by atoms with Gasteiger partial charge in [-0.2, -0.15) is 0 Å². The fourth-order valence-electron chi connectivity index (χ4n) is 1.31. The van der Waals surface area contributed by atoms with E-state index in [1.54, 1.807) is 18.9 Å². The van der Waals surface area contributed by atoms with Gasteiger partial charge in [-0.3, -0.25) is 0 Å². The predicted octanol–water partition coefficient (Wildman–Crippen LogP) is 1.89. The minimum Gasteiger partial charge on any atom is -0.383 e. The summed E-state index contributed by atoms with van der Waals surface area (Å²) in [6, 6.07) is 1.92. The second kappa shape index (κ2) is 9.39. The van der Waals surface area contributed by atoms with E-state index in [0.29, 0.717) is 0 Å². The van der Waals surface area contributed by atoms with Crippen molar-refractivity contribution in [2.45, 2.75) is 24.9 Å². The Kier molecular flexibility index (Phi) is 7.96. The lowest BCUT2D eigenvalue weighted by atomic mass is 10.3. The molecule has 0 amide bonds. The molecule has 0 saturated carbocycles. The summed E-state index contributed by atoms with van der Waals surface area (Å²) in [5.41, 5.74) is 1.03. The van der Waals surface area contributed by atoms with E-state index in [1.165, 1.54) is 12.8 Å². The number of methoxy groups -OCH3 is 1. The molecule has 0 aliphatic rings. The molecule has 17 heavy (non-hydrogen) atoms. The van der Waals surface area contributed by atoms with Gasteiger partial charge in [-0.25, -0.2) is 9.97 Å². The Morgan fingerprint density at radius 3 is 3.00 bits per heavy atom. The van der Waals surface area contributed by atoms with Crippen molar-refractivity contribution in [3.63, 3.8) is 0 Å². The van der Waals surface area contributed by atoms with Gasteiger partial charge in [0, 0.05) is 31.3 Å². The fourth-order valence-corrected chi connectivity index (χ4v) is 2.19. The van der Waals surface area contributed by atoms with Crippen molar-refractivity contribution in [1.82, 2.24) is 15.3 Å². The SMILES string of the molecule is COCCNCCCCSc1nccc(C)n1. The van der Waals surface area contributed by atoms with Gasteiger partial charge in [-0.1, -0.05) is 11.8 Å². The molecule has 4 nitrogen and oxygen atoms in total. The third kappa shape index (κ3) is 7.31. The zero-order valence-corrected chi connectivity index (χ0v) is 11.4. The summed E-state index contributed by atoms with van der Waals surface area (Å²) in [7, 11) is 1.72. The highest BCUT2D eigenvalue weighted by atomic mass is 32.2. The molecule has 0 aliphatic carbocycles. The molecule has 0 aliphatic heterocycles. The number of aryl methyl sites for hydroxylation is 1. The van der Waals surface area contributed by atoms with Crippen LogP contribution in [0.5, 0.6) is 0 Å². The molecule has 0 bridgehead atoms. The average molecular weight is 255 g/mol. The summed E-state index contributed by atoms with van der Waals surface area (Å²) >= 11 is 1.73. The van der Waals surface area contributed by atoms with Gasteiger partial charge in [0.25, 0.3) is 0 Å². The molecule has 1 aromatic heterocycles. The molecule has 1 rings (SSSR count). The maximum Gasteiger partial charge on any atom is 0.187 e. The normalized spacial score (nSPS) is 10.7. The van der Waals surface area contributed by atoms with E-state index < -0.39 is 0 Å². The summed E-state index contributed by atoms with van der Waals surface area (Å²) in [4.78, 5) is 8.57. The molecule has 0 radical (unpaired) electrons. The molecule has 1 aromatic rings. The molecule has 0 unspecified atom stereocenters. The van der Waals surface area contributed by atoms with Crippen LogP contribution in [0.1, 0.15) is 18.5 Å². The molecule has 0 fully saturated rings. The first-order chi connectivity index (χ1) is 8.33. The minimum absolute atomic E-state index is 0.784. The number of unbranched alkanes of at least 4 members (excludes halogenated alkanes) is 1. The number of hydrogen-bond donors (Lipinski definition) is 1. The molecule has 5 heteroatoms. The van der Waals surface area contributed by atoms with Crippen molar-refractivity contribution >= 4 is 11.8 Å². The Hall–Kier alpha value is -0.650. The topological polar surface area (TPSA) is 47.0 Å². The largest absolute Gasteiger partial charge is 0.383 e. The molecule has 1 N–H and O–H groups in total. The average Bonchev–Trinajstić information content (AvgIpc) is 2.33. The van der Waals surface area contributed by atoms with Crippen molar-refractivity contribution in [1.29, 1.82) is 0 Å². The number of hydrogen-bond acceptors (Lipinski definition) is 5. The number of thioether (sulfide) groups is 1. The molecule has 96 valence electrons. The van der Waals surface area contributed by atoms with Gasteiger partial charge in [0.05, 0.1) is 6.61 Å². The number of nitrogens with one attached hydrogen (secondary N) is 1. The highest BCUT2D eigenvalue weighted by Gasteiger charge is 1.97. The zero-order chi connectivity index (χ0) is 12.3. The van der Waals surface area contributed by atoms with Gasteiger partial charge in [-0.05, 0) is 32.4 Å². The van der Waals surface area contributed by atoms with Gasteiger partial charge in [0.1, 0.15) is 0 Å². The van der Waals surface area contributed by atoms with Crippen LogP contribution in [0.4, 0.5) is 0 Å². The van der Waals surface area contributed by atoms with Crippen LogP contribution < -0.4 is 5.32 Å². The first-order valence-corrected chi connectivity index (χ1v) is 6.93.